The van der Waals surface area contributed by atoms with Gasteiger partial charge in [0.15, 0.2) is 0 Å². The number of rotatable bonds is 13. The Morgan fingerprint density at radius 3 is 2.21 bits per heavy atom. The van der Waals surface area contributed by atoms with Crippen LogP contribution in [0, 0.1) is 0 Å². The fraction of sp³-hybridized carbons (Fsp3) is 0.244. The van der Waals surface area contributed by atoms with Crippen LogP contribution in [0.1, 0.15) is 73.2 Å². The van der Waals surface area contributed by atoms with Gasteiger partial charge in [-0.2, -0.15) is 13.2 Å². The second-order valence-electron chi connectivity index (χ2n) is 12.8. The number of aromatic nitrogens is 1. The molecule has 276 valence electrons. The van der Waals surface area contributed by atoms with Gasteiger partial charge in [-0.15, -0.1) is 0 Å². The zero-order valence-corrected chi connectivity index (χ0v) is 29.3. The number of aryl methyl sites for hydroxylation is 1. The molecular formula is C41H38ClF3N2O6. The lowest BCUT2D eigenvalue weighted by Crippen LogP contribution is -2.35. The summed E-state index contributed by atoms with van der Waals surface area (Å²) in [6.07, 6.45) is -0.598. The summed E-state index contributed by atoms with van der Waals surface area (Å²) < 4.78 is 45.3. The Labute approximate surface area is 309 Å². The number of aromatic carboxylic acids is 2. The van der Waals surface area contributed by atoms with Crippen LogP contribution in [-0.4, -0.2) is 50.6 Å². The predicted octanol–water partition coefficient (Wildman–Crippen LogP) is 8.74. The van der Waals surface area contributed by atoms with Crippen LogP contribution in [0.5, 0.6) is 5.75 Å². The first-order valence-corrected chi connectivity index (χ1v) is 17.3. The molecule has 0 saturated carbocycles. The Bertz CT molecular complexity index is 2060. The van der Waals surface area contributed by atoms with Gasteiger partial charge in [0.25, 0.3) is 0 Å². The van der Waals surface area contributed by atoms with Crippen LogP contribution in [0.2, 0.25) is 5.02 Å². The number of hydrogen-bond acceptors (Lipinski definition) is 5. The molecule has 0 radical (unpaired) electrons. The van der Waals surface area contributed by atoms with Crippen molar-refractivity contribution in [1.82, 2.24) is 9.88 Å². The number of hydrogen-bond donors (Lipinski definition) is 2. The molecule has 4 N–H and O–H groups in total. The molecule has 1 aliphatic rings. The number of carboxylic acid groups (broad SMARTS) is 2. The van der Waals surface area contributed by atoms with Crippen molar-refractivity contribution in [2.45, 2.75) is 50.9 Å². The van der Waals surface area contributed by atoms with E-state index >= 15 is 0 Å². The van der Waals surface area contributed by atoms with Gasteiger partial charge in [-0.1, -0.05) is 72.3 Å². The summed E-state index contributed by atoms with van der Waals surface area (Å²) in [5, 5.41) is 19.3. The van der Waals surface area contributed by atoms with Gasteiger partial charge in [0.05, 0.1) is 11.1 Å². The largest absolute Gasteiger partial charge is 0.489 e. The Hall–Kier alpha value is -5.23. The Kier molecular flexibility index (Phi) is 12.6. The Balaban J connectivity index is 0.00000541. The molecule has 12 heteroatoms. The fourth-order valence-electron chi connectivity index (χ4n) is 6.61. The maximum absolute atomic E-state index is 13.0. The Morgan fingerprint density at radius 1 is 0.830 bits per heavy atom. The van der Waals surface area contributed by atoms with Crippen molar-refractivity contribution in [3.8, 4) is 16.9 Å². The first-order chi connectivity index (χ1) is 25.0. The van der Waals surface area contributed by atoms with Gasteiger partial charge in [0.1, 0.15) is 18.1 Å². The predicted molar refractivity (Wildman–Crippen MR) is 196 cm³/mol. The number of benzene rings is 4. The highest BCUT2D eigenvalue weighted by molar-refractivity contribution is 6.31. The molecule has 8 nitrogen and oxygen atoms in total. The third kappa shape index (κ3) is 9.61. The zero-order valence-electron chi connectivity index (χ0n) is 28.6. The molecule has 0 aliphatic heterocycles. The summed E-state index contributed by atoms with van der Waals surface area (Å²) in [6.45, 7) is 1.54. The van der Waals surface area contributed by atoms with Crippen LogP contribution >= 0.6 is 11.6 Å². The topological polar surface area (TPSA) is 131 Å². The average molecular weight is 747 g/mol. The van der Waals surface area contributed by atoms with Crippen molar-refractivity contribution < 1.29 is 43.2 Å². The van der Waals surface area contributed by atoms with Gasteiger partial charge < -0.3 is 20.4 Å². The lowest BCUT2D eigenvalue weighted by Gasteiger charge is -2.36. The van der Waals surface area contributed by atoms with Crippen LogP contribution in [0.25, 0.3) is 11.1 Å². The molecule has 6 rings (SSSR count). The van der Waals surface area contributed by atoms with E-state index in [1.807, 2.05) is 54.6 Å². The van der Waals surface area contributed by atoms with Gasteiger partial charge in [-0.05, 0) is 102 Å². The van der Waals surface area contributed by atoms with E-state index in [1.54, 1.807) is 24.3 Å². The van der Waals surface area contributed by atoms with E-state index in [0.29, 0.717) is 54.3 Å². The number of alkyl halides is 3. The van der Waals surface area contributed by atoms with Crippen molar-refractivity contribution in [2.75, 3.05) is 13.1 Å². The molecule has 0 bridgehead atoms. The van der Waals surface area contributed by atoms with Crippen LogP contribution < -0.4 is 4.74 Å². The molecule has 0 unspecified atom stereocenters. The van der Waals surface area contributed by atoms with E-state index in [1.165, 1.54) is 12.1 Å². The van der Waals surface area contributed by atoms with E-state index in [2.05, 4.69) is 9.88 Å². The summed E-state index contributed by atoms with van der Waals surface area (Å²) in [6, 6.07) is 28.4. The number of para-hydroxylation sites is 1. The Morgan fingerprint density at radius 2 is 1.53 bits per heavy atom. The number of halogens is 4. The SMILES string of the molecule is O.O=C(O)c1ccc(CCN(CCc2ccccc2OCc2ccc(-c3ccc(C(F)(F)F)cc3)cc2Cl)[C@H]2CCCc3nc(C(=O)O)ccc32)cc1. The maximum Gasteiger partial charge on any atom is 0.416 e. The molecular weight excluding hydrogens is 709 g/mol. The maximum atomic E-state index is 13.0. The van der Waals surface area contributed by atoms with E-state index in [4.69, 9.17) is 16.3 Å². The summed E-state index contributed by atoms with van der Waals surface area (Å²) in [7, 11) is 0. The number of fused-ring (bicyclic) bond motifs is 1. The highest BCUT2D eigenvalue weighted by Gasteiger charge is 2.30. The monoisotopic (exact) mass is 746 g/mol. The highest BCUT2D eigenvalue weighted by atomic mass is 35.5. The van der Waals surface area contributed by atoms with Gasteiger partial charge in [0, 0.05) is 35.4 Å². The van der Waals surface area contributed by atoms with Crippen molar-refractivity contribution in [1.29, 1.82) is 0 Å². The first kappa shape index (κ1) is 39.0. The van der Waals surface area contributed by atoms with E-state index in [0.717, 1.165) is 52.9 Å². The van der Waals surface area contributed by atoms with Crippen LogP contribution in [0.3, 0.4) is 0 Å². The number of carboxylic acids is 2. The van der Waals surface area contributed by atoms with E-state index in [9.17, 15) is 33.0 Å². The minimum atomic E-state index is -4.41. The smallest absolute Gasteiger partial charge is 0.416 e. The standard InChI is InChI=1S/C41H36ClF3N2O5.H2O/c42-34-24-30(27-14-16-32(17-15-27)41(43,44)45)12-13-31(34)25-52-38-7-2-1-4-28(38)21-23-47(22-20-26-8-10-29(11-9-26)39(48)49)37-6-3-5-35-33(37)18-19-36(46-35)40(50)51;/h1-2,4,7-19,24,37H,3,5-6,20-23,25H2,(H,48,49)(H,50,51);1H2/t37-;/m0./s1. The summed E-state index contributed by atoms with van der Waals surface area (Å²) in [5.41, 5.74) is 5.42. The molecule has 1 aromatic heterocycles. The summed E-state index contributed by atoms with van der Waals surface area (Å²) >= 11 is 6.62. The number of carbonyl (C=O) groups is 2. The molecule has 0 fully saturated rings. The van der Waals surface area contributed by atoms with E-state index in [-0.39, 0.29) is 29.4 Å². The van der Waals surface area contributed by atoms with Crippen molar-refractivity contribution >= 4 is 23.5 Å². The van der Waals surface area contributed by atoms with Crippen molar-refractivity contribution in [3.63, 3.8) is 0 Å². The first-order valence-electron chi connectivity index (χ1n) is 16.9. The molecule has 1 atom stereocenters. The normalized spacial score (nSPS) is 13.9. The van der Waals surface area contributed by atoms with E-state index < -0.39 is 23.7 Å². The minimum absolute atomic E-state index is 0. The summed E-state index contributed by atoms with van der Waals surface area (Å²) in [5.74, 6) is -1.33. The lowest BCUT2D eigenvalue weighted by molar-refractivity contribution is -0.137. The van der Waals surface area contributed by atoms with Crippen LogP contribution in [0.15, 0.2) is 103 Å². The molecule has 1 heterocycles. The third-order valence-electron chi connectivity index (χ3n) is 9.43. The van der Waals surface area contributed by atoms with Gasteiger partial charge in [0.2, 0.25) is 0 Å². The average Bonchev–Trinajstić information content (AvgIpc) is 3.14. The summed E-state index contributed by atoms with van der Waals surface area (Å²) in [4.78, 5) is 29.8. The third-order valence-corrected chi connectivity index (χ3v) is 9.78. The molecule has 0 amide bonds. The highest BCUT2D eigenvalue weighted by Crippen LogP contribution is 2.35. The molecule has 4 aromatic carbocycles. The fourth-order valence-corrected chi connectivity index (χ4v) is 6.84. The van der Waals surface area contributed by atoms with Crippen molar-refractivity contribution in [3.05, 3.63) is 153 Å². The molecule has 5 aromatic rings. The second kappa shape index (κ2) is 17.1. The molecule has 0 saturated heterocycles. The van der Waals surface area contributed by atoms with Gasteiger partial charge in [-0.25, -0.2) is 14.6 Å². The van der Waals surface area contributed by atoms with Crippen LogP contribution in [-0.2, 0) is 32.0 Å². The molecule has 53 heavy (non-hydrogen) atoms. The quantitative estimate of drug-likeness (QED) is 0.123. The minimum Gasteiger partial charge on any atom is -0.489 e. The van der Waals surface area contributed by atoms with Gasteiger partial charge >= 0.3 is 18.1 Å². The van der Waals surface area contributed by atoms with Gasteiger partial charge in [-0.3, -0.25) is 4.90 Å². The number of ether oxygens (including phenoxy) is 1. The number of pyridine rings is 1. The zero-order chi connectivity index (χ0) is 36.8. The molecule has 1 aliphatic carbocycles. The number of nitrogens with zero attached hydrogens (tertiary/aromatic N) is 2. The second-order valence-corrected chi connectivity index (χ2v) is 13.2. The molecule has 0 spiro atoms. The lowest BCUT2D eigenvalue weighted by atomic mass is 9.89. The van der Waals surface area contributed by atoms with Crippen molar-refractivity contribution in [2.24, 2.45) is 0 Å². The van der Waals surface area contributed by atoms with Crippen LogP contribution in [0.4, 0.5) is 13.2 Å².